The van der Waals surface area contributed by atoms with Gasteiger partial charge in [0, 0.05) is 26.2 Å². The summed E-state index contributed by atoms with van der Waals surface area (Å²) >= 11 is 1.10. The Morgan fingerprint density at radius 3 is 2.52 bits per heavy atom. The smallest absolute Gasteiger partial charge is 0.410 e. The minimum absolute atomic E-state index is 0.0192. The minimum Gasteiger partial charge on any atom is -0.444 e. The van der Waals surface area contributed by atoms with Gasteiger partial charge in [0.15, 0.2) is 5.00 Å². The van der Waals surface area contributed by atoms with Crippen molar-refractivity contribution in [1.82, 2.24) is 9.27 Å². The van der Waals surface area contributed by atoms with Gasteiger partial charge in [-0.1, -0.05) is 0 Å². The molecule has 21 heavy (non-hydrogen) atoms. The number of carbonyl (C=O) groups excluding carboxylic acids is 1. The maximum absolute atomic E-state index is 11.9. The summed E-state index contributed by atoms with van der Waals surface area (Å²) in [6, 6.07) is 0. The molecule has 8 nitrogen and oxygen atoms in total. The topological polar surface area (TPSA) is 88.8 Å². The Hall–Kier alpha value is -1.90. The maximum Gasteiger partial charge on any atom is 0.410 e. The number of carbonyl (C=O) groups is 1. The zero-order valence-corrected chi connectivity index (χ0v) is 13.1. The summed E-state index contributed by atoms with van der Waals surface area (Å²) < 4.78 is 9.19. The molecule has 1 aliphatic rings. The van der Waals surface area contributed by atoms with Gasteiger partial charge in [0.05, 0.1) is 4.92 Å². The summed E-state index contributed by atoms with van der Waals surface area (Å²) in [5.41, 5.74) is -0.504. The highest BCUT2D eigenvalue weighted by Gasteiger charge is 2.29. The van der Waals surface area contributed by atoms with Gasteiger partial charge in [0.1, 0.15) is 11.8 Å². The van der Waals surface area contributed by atoms with Crippen molar-refractivity contribution < 1.29 is 14.5 Å². The van der Waals surface area contributed by atoms with E-state index in [-0.39, 0.29) is 11.8 Å². The third kappa shape index (κ3) is 3.81. The van der Waals surface area contributed by atoms with Crippen molar-refractivity contribution in [1.29, 1.82) is 0 Å². The van der Waals surface area contributed by atoms with Crippen LogP contribution in [0.15, 0.2) is 6.20 Å². The van der Waals surface area contributed by atoms with Crippen LogP contribution in [0.4, 0.5) is 15.5 Å². The molecule has 1 saturated heterocycles. The second-order valence-electron chi connectivity index (χ2n) is 5.73. The van der Waals surface area contributed by atoms with Crippen molar-refractivity contribution in [2.24, 2.45) is 0 Å². The molecule has 0 atom stereocenters. The fourth-order valence-electron chi connectivity index (χ4n) is 1.99. The largest absolute Gasteiger partial charge is 0.444 e. The molecule has 116 valence electrons. The van der Waals surface area contributed by atoms with Gasteiger partial charge in [-0.2, -0.15) is 4.37 Å². The number of nitrogens with zero attached hydrogens (tertiary/aromatic N) is 4. The van der Waals surface area contributed by atoms with Crippen LogP contribution in [-0.2, 0) is 4.74 Å². The number of amides is 1. The zero-order valence-electron chi connectivity index (χ0n) is 12.2. The first-order valence-corrected chi connectivity index (χ1v) is 7.37. The van der Waals surface area contributed by atoms with Crippen LogP contribution in [0.1, 0.15) is 20.8 Å². The number of rotatable bonds is 2. The monoisotopic (exact) mass is 314 g/mol. The molecule has 0 N–H and O–H groups in total. The molecule has 0 saturated carbocycles. The Kier molecular flexibility index (Phi) is 4.31. The molecule has 0 spiro atoms. The van der Waals surface area contributed by atoms with E-state index in [0.717, 1.165) is 11.5 Å². The van der Waals surface area contributed by atoms with Gasteiger partial charge >= 0.3 is 11.8 Å². The lowest BCUT2D eigenvalue weighted by Crippen LogP contribution is -2.50. The number of anilines is 1. The van der Waals surface area contributed by atoms with Gasteiger partial charge in [-0.25, -0.2) is 4.79 Å². The average molecular weight is 314 g/mol. The molecule has 9 heteroatoms. The van der Waals surface area contributed by atoms with E-state index in [0.29, 0.717) is 31.2 Å². The van der Waals surface area contributed by atoms with Crippen molar-refractivity contribution in [3.8, 4) is 0 Å². The quantitative estimate of drug-likeness (QED) is 0.613. The first kappa shape index (κ1) is 15.5. The van der Waals surface area contributed by atoms with Crippen molar-refractivity contribution in [3.63, 3.8) is 0 Å². The third-order valence-corrected chi connectivity index (χ3v) is 3.80. The second kappa shape index (κ2) is 5.84. The Morgan fingerprint density at radius 1 is 1.38 bits per heavy atom. The van der Waals surface area contributed by atoms with Crippen LogP contribution in [0.5, 0.6) is 0 Å². The minimum atomic E-state index is -0.523. The maximum atomic E-state index is 11.9. The first-order valence-electron chi connectivity index (χ1n) is 6.60. The molecule has 0 aromatic carbocycles. The van der Waals surface area contributed by atoms with Crippen LogP contribution in [0.25, 0.3) is 0 Å². The van der Waals surface area contributed by atoms with Crippen molar-refractivity contribution in [3.05, 3.63) is 16.3 Å². The molecule has 1 aromatic heterocycles. The van der Waals surface area contributed by atoms with E-state index in [1.165, 1.54) is 6.20 Å². The predicted octanol–water partition coefficient (Wildman–Crippen LogP) is 2.11. The number of nitro groups is 1. The van der Waals surface area contributed by atoms with Crippen molar-refractivity contribution >= 4 is 28.3 Å². The summed E-state index contributed by atoms with van der Waals surface area (Å²) in [6.07, 6.45) is 0.918. The number of hydrogen-bond donors (Lipinski definition) is 0. The van der Waals surface area contributed by atoms with E-state index in [9.17, 15) is 14.9 Å². The van der Waals surface area contributed by atoms with Gasteiger partial charge in [-0.15, -0.1) is 0 Å². The third-order valence-electron chi connectivity index (χ3n) is 2.95. The number of piperazine rings is 1. The van der Waals surface area contributed by atoms with Gasteiger partial charge in [-0.05, 0) is 32.3 Å². The zero-order chi connectivity index (χ0) is 15.6. The van der Waals surface area contributed by atoms with Gasteiger partial charge in [0.2, 0.25) is 0 Å². The van der Waals surface area contributed by atoms with Crippen LogP contribution in [-0.4, -0.2) is 52.1 Å². The normalized spacial score (nSPS) is 16.0. The highest BCUT2D eigenvalue weighted by molar-refractivity contribution is 7.10. The van der Waals surface area contributed by atoms with E-state index >= 15 is 0 Å². The molecule has 2 rings (SSSR count). The van der Waals surface area contributed by atoms with E-state index in [1.807, 2.05) is 25.7 Å². The summed E-state index contributed by atoms with van der Waals surface area (Å²) in [6.45, 7) is 7.48. The number of ether oxygens (including phenoxy) is 1. The molecule has 1 amide bonds. The highest BCUT2D eigenvalue weighted by Crippen LogP contribution is 2.32. The SMILES string of the molecule is CC(C)(C)OC(=O)N1CCN(c2sncc2[N+](=O)[O-])CC1. The van der Waals surface area contributed by atoms with Gasteiger partial charge in [0.25, 0.3) is 0 Å². The lowest BCUT2D eigenvalue weighted by Gasteiger charge is -2.35. The molecule has 2 heterocycles. The molecule has 1 aliphatic heterocycles. The Balaban J connectivity index is 1.96. The van der Waals surface area contributed by atoms with Crippen molar-refractivity contribution in [2.45, 2.75) is 26.4 Å². The van der Waals surface area contributed by atoms with Crippen molar-refractivity contribution in [2.75, 3.05) is 31.1 Å². The second-order valence-corrected chi connectivity index (χ2v) is 6.51. The van der Waals surface area contributed by atoms with Gasteiger partial charge in [-0.3, -0.25) is 10.1 Å². The van der Waals surface area contributed by atoms with Gasteiger partial charge < -0.3 is 14.5 Å². The standard InChI is InChI=1S/C12H18N4O4S/c1-12(2,3)20-11(17)15-6-4-14(5-7-15)10-9(16(18)19)8-13-21-10/h8H,4-7H2,1-3H3. The van der Waals surface area contributed by atoms with Crippen LogP contribution < -0.4 is 4.90 Å². The fourth-order valence-corrected chi connectivity index (χ4v) is 2.76. The molecule has 0 unspecified atom stereocenters. The molecular formula is C12H18N4O4S. The summed E-state index contributed by atoms with van der Waals surface area (Å²) in [7, 11) is 0. The number of aromatic nitrogens is 1. The van der Waals surface area contributed by atoms with E-state index in [1.54, 1.807) is 4.90 Å². The van der Waals surface area contributed by atoms with Crippen LogP contribution in [0, 0.1) is 10.1 Å². The molecule has 1 fully saturated rings. The average Bonchev–Trinajstić information content (AvgIpc) is 2.86. The Morgan fingerprint density at radius 2 is 2.00 bits per heavy atom. The lowest BCUT2D eigenvalue weighted by molar-refractivity contribution is -0.383. The summed E-state index contributed by atoms with van der Waals surface area (Å²) in [5.74, 6) is 0. The first-order chi connectivity index (χ1) is 9.78. The summed E-state index contributed by atoms with van der Waals surface area (Å²) in [4.78, 5) is 25.9. The molecule has 0 aliphatic carbocycles. The molecule has 1 aromatic rings. The molecular weight excluding hydrogens is 296 g/mol. The Bertz CT molecular complexity index is 532. The molecule has 0 bridgehead atoms. The fraction of sp³-hybridized carbons (Fsp3) is 0.667. The van der Waals surface area contributed by atoms with E-state index in [2.05, 4.69) is 4.37 Å². The highest BCUT2D eigenvalue weighted by atomic mass is 32.1. The lowest BCUT2D eigenvalue weighted by atomic mass is 10.2. The van der Waals surface area contributed by atoms with E-state index < -0.39 is 10.5 Å². The molecule has 0 radical (unpaired) electrons. The van der Waals surface area contributed by atoms with E-state index in [4.69, 9.17) is 4.74 Å². The van der Waals surface area contributed by atoms with Crippen LogP contribution in [0.3, 0.4) is 0 Å². The van der Waals surface area contributed by atoms with Crippen LogP contribution >= 0.6 is 11.5 Å². The Labute approximate surface area is 126 Å². The predicted molar refractivity (Wildman–Crippen MR) is 78.8 cm³/mol. The summed E-state index contributed by atoms with van der Waals surface area (Å²) in [5, 5.41) is 11.5. The van der Waals surface area contributed by atoms with Crippen LogP contribution in [0.2, 0.25) is 0 Å². The number of hydrogen-bond acceptors (Lipinski definition) is 7.